The summed E-state index contributed by atoms with van der Waals surface area (Å²) in [4.78, 5) is 114. The standard InChI is InChI=1S/C75H123F5N8O32/c1-47(92)87-68-72(106)71(105)52(43-91)119-74(68)116-27-7-4-13-55(97)83-21-10-24-86-58(100)16-31-113-46-75(44-111-29-14-56(98)84-22-8-19-81-53(95)11-2-5-25-114-61-39-48(93)69(103)50(41-89)117-61,45-112-30-15-57(99)85-23-9-20-82-54(96)12-3-6-26-115-62-40-49(94)70(104)51(42-90)118-62)88-59(101)17-28-107-33-35-109-37-38-110-36-34-108-32-18-60(102)120-73-66(79)64(77)63(76)65(78)67(73)80/h48-52,61-62,68-72,74,89-91,93-94,103-106H,2-46H2,1H3,(H,81,95)(H,82,96)(H,83,97)(H,84,98)(H,85,99)(H,86,100)(H,87,92)(H,88,101)/t48-,49-,50-,51-,52-,61-,62-,68-,69-,70-,71+,72-,74-/m1/s1. The van der Waals surface area contributed by atoms with E-state index in [-0.39, 0.29) is 227 Å². The number of ether oxygens (including phenoxy) is 14. The third-order valence-electron chi connectivity index (χ3n) is 18.3. The second-order valence-electron chi connectivity index (χ2n) is 28.3. The highest BCUT2D eigenvalue weighted by molar-refractivity contribution is 5.79. The lowest BCUT2D eigenvalue weighted by atomic mass is 9.97. The highest BCUT2D eigenvalue weighted by atomic mass is 19.2. The topological polar surface area (TPSA) is 561 Å². The summed E-state index contributed by atoms with van der Waals surface area (Å²) in [6, 6.07) is -1.11. The van der Waals surface area contributed by atoms with Crippen LogP contribution in [0.5, 0.6) is 5.75 Å². The molecule has 3 aliphatic heterocycles. The molecular formula is C75H123F5N8O32. The predicted molar refractivity (Wildman–Crippen MR) is 403 cm³/mol. The van der Waals surface area contributed by atoms with Crippen molar-refractivity contribution in [3.8, 4) is 5.75 Å². The normalized spacial score (nSPS) is 21.8. The largest absolute Gasteiger partial charge is 0.420 e. The first-order valence-electron chi connectivity index (χ1n) is 40.3. The molecule has 0 bridgehead atoms. The Balaban J connectivity index is 1.27. The summed E-state index contributed by atoms with van der Waals surface area (Å²) in [7, 11) is 0. The maximum atomic E-state index is 13.9. The second kappa shape index (κ2) is 61.5. The lowest BCUT2D eigenvalue weighted by molar-refractivity contribution is -0.270. The van der Waals surface area contributed by atoms with Crippen molar-refractivity contribution in [1.82, 2.24) is 42.5 Å². The lowest BCUT2D eigenvalue weighted by Crippen LogP contribution is -2.64. The van der Waals surface area contributed by atoms with Crippen LogP contribution in [0.3, 0.4) is 0 Å². The molecule has 120 heavy (non-hydrogen) atoms. The van der Waals surface area contributed by atoms with Gasteiger partial charge in [-0.3, -0.25) is 43.2 Å². The maximum Gasteiger partial charge on any atom is 0.313 e. The number of benzene rings is 1. The number of hydrogen-bond donors (Lipinski definition) is 17. The molecule has 3 fully saturated rings. The van der Waals surface area contributed by atoms with Gasteiger partial charge in [0.15, 0.2) is 18.9 Å². The zero-order chi connectivity index (χ0) is 88.0. The summed E-state index contributed by atoms with van der Waals surface area (Å²) >= 11 is 0. The number of esters is 1. The van der Waals surface area contributed by atoms with Crippen molar-refractivity contribution in [3.05, 3.63) is 29.1 Å². The number of rotatable bonds is 66. The Hall–Kier alpha value is -6.78. The van der Waals surface area contributed by atoms with Crippen LogP contribution < -0.4 is 47.3 Å². The van der Waals surface area contributed by atoms with Gasteiger partial charge in [0, 0.05) is 124 Å². The average Bonchev–Trinajstić information content (AvgIpc) is 0.792. The van der Waals surface area contributed by atoms with E-state index in [4.69, 9.17) is 61.6 Å². The highest BCUT2D eigenvalue weighted by Crippen LogP contribution is 2.30. The van der Waals surface area contributed by atoms with E-state index in [0.29, 0.717) is 57.8 Å². The molecule has 0 aromatic heterocycles. The molecule has 690 valence electrons. The van der Waals surface area contributed by atoms with Crippen LogP contribution in [-0.4, -0.2) is 356 Å². The molecule has 3 aliphatic rings. The second-order valence-corrected chi connectivity index (χ2v) is 28.3. The van der Waals surface area contributed by atoms with E-state index in [2.05, 4.69) is 47.3 Å². The number of carbonyl (C=O) groups excluding carboxylic acids is 9. The molecule has 17 N–H and O–H groups in total. The first kappa shape index (κ1) is 106. The predicted octanol–water partition coefficient (Wildman–Crippen LogP) is -3.76. The molecule has 3 saturated heterocycles. The monoisotopic (exact) mass is 1740 g/mol. The molecule has 4 rings (SSSR count). The Labute approximate surface area is 691 Å². The first-order valence-corrected chi connectivity index (χ1v) is 40.3. The van der Waals surface area contributed by atoms with Crippen molar-refractivity contribution < 1.29 is 177 Å². The van der Waals surface area contributed by atoms with Gasteiger partial charge in [0.25, 0.3) is 0 Å². The summed E-state index contributed by atoms with van der Waals surface area (Å²) in [5.74, 6) is -17.8. The van der Waals surface area contributed by atoms with Crippen LogP contribution in [0.25, 0.3) is 0 Å². The van der Waals surface area contributed by atoms with Crippen LogP contribution in [0.1, 0.15) is 129 Å². The molecule has 8 amide bonds. The molecule has 3 heterocycles. The first-order chi connectivity index (χ1) is 57.6. The van der Waals surface area contributed by atoms with E-state index >= 15 is 0 Å². The van der Waals surface area contributed by atoms with Crippen LogP contribution in [0.15, 0.2) is 0 Å². The average molecular weight is 1740 g/mol. The minimum atomic E-state index is -2.41. The van der Waals surface area contributed by atoms with Crippen LogP contribution in [0.4, 0.5) is 22.0 Å². The molecule has 1 aromatic carbocycles. The van der Waals surface area contributed by atoms with Gasteiger partial charge in [-0.05, 0) is 57.8 Å². The van der Waals surface area contributed by atoms with Crippen LogP contribution in [0.2, 0.25) is 0 Å². The molecule has 13 atom stereocenters. The van der Waals surface area contributed by atoms with Crippen LogP contribution >= 0.6 is 0 Å². The van der Waals surface area contributed by atoms with Gasteiger partial charge in [-0.1, -0.05) is 0 Å². The summed E-state index contributed by atoms with van der Waals surface area (Å²) in [5.41, 5.74) is -1.54. The van der Waals surface area contributed by atoms with Gasteiger partial charge in [0.05, 0.1) is 131 Å². The molecule has 0 saturated carbocycles. The van der Waals surface area contributed by atoms with Crippen molar-refractivity contribution in [2.75, 3.05) is 171 Å². The van der Waals surface area contributed by atoms with Crippen LogP contribution in [0, 0.1) is 29.1 Å². The molecule has 0 radical (unpaired) electrons. The van der Waals surface area contributed by atoms with Crippen molar-refractivity contribution in [1.29, 1.82) is 0 Å². The number of aliphatic hydroxyl groups excluding tert-OH is 9. The van der Waals surface area contributed by atoms with Gasteiger partial charge in [0.1, 0.15) is 54.3 Å². The summed E-state index contributed by atoms with van der Waals surface area (Å²) in [5, 5.41) is 111. The Morgan fingerprint density at radius 1 is 0.367 bits per heavy atom. The van der Waals surface area contributed by atoms with Crippen molar-refractivity contribution in [3.63, 3.8) is 0 Å². The van der Waals surface area contributed by atoms with Crippen molar-refractivity contribution >= 4 is 53.2 Å². The summed E-state index contributed by atoms with van der Waals surface area (Å²) < 4.78 is 145. The molecule has 40 nitrogen and oxygen atoms in total. The van der Waals surface area contributed by atoms with E-state index in [0.717, 1.165) is 0 Å². The lowest BCUT2D eigenvalue weighted by Gasteiger charge is -2.42. The smallest absolute Gasteiger partial charge is 0.313 e. The van der Waals surface area contributed by atoms with E-state index in [1.165, 1.54) is 6.92 Å². The minimum absolute atomic E-state index is 0.00134. The van der Waals surface area contributed by atoms with Crippen molar-refractivity contribution in [2.24, 2.45) is 0 Å². The number of carbonyl (C=O) groups is 9. The van der Waals surface area contributed by atoms with E-state index in [9.17, 15) is 111 Å². The number of hydrogen-bond acceptors (Lipinski definition) is 32. The van der Waals surface area contributed by atoms with E-state index in [1.54, 1.807) is 0 Å². The number of halogens is 5. The van der Waals surface area contributed by atoms with Gasteiger partial charge >= 0.3 is 5.97 Å². The fourth-order valence-electron chi connectivity index (χ4n) is 11.7. The quantitative estimate of drug-likeness (QED) is 0.00744. The highest BCUT2D eigenvalue weighted by Gasteiger charge is 2.46. The van der Waals surface area contributed by atoms with Gasteiger partial charge < -0.3 is 155 Å². The fraction of sp³-hybridized carbons (Fsp3) is 0.800. The zero-order valence-electron chi connectivity index (χ0n) is 67.6. The Bertz CT molecular complexity index is 3040. The third kappa shape index (κ3) is 43.0. The minimum Gasteiger partial charge on any atom is -0.420 e. The molecule has 1 aromatic rings. The third-order valence-corrected chi connectivity index (χ3v) is 18.3. The van der Waals surface area contributed by atoms with Crippen LogP contribution in [-0.2, 0) is 105 Å². The van der Waals surface area contributed by atoms with Gasteiger partial charge in [0.2, 0.25) is 82.1 Å². The molecular weight excluding hydrogens is 1620 g/mol. The maximum absolute atomic E-state index is 13.9. The fourth-order valence-corrected chi connectivity index (χ4v) is 11.7. The number of amides is 8. The van der Waals surface area contributed by atoms with Crippen molar-refractivity contribution in [2.45, 2.75) is 214 Å². The van der Waals surface area contributed by atoms with Gasteiger partial charge in [-0.15, -0.1) is 0 Å². The Kier molecular flexibility index (Phi) is 54.1. The molecule has 0 spiro atoms. The van der Waals surface area contributed by atoms with Gasteiger partial charge in [-0.25, -0.2) is 13.2 Å². The summed E-state index contributed by atoms with van der Waals surface area (Å²) in [6.45, 7) is -0.586. The Morgan fingerprint density at radius 2 is 0.692 bits per heavy atom. The zero-order valence-corrected chi connectivity index (χ0v) is 67.6. The molecule has 0 aliphatic carbocycles. The number of aliphatic hydroxyl groups is 9. The number of nitrogens with one attached hydrogen (secondary N) is 8. The van der Waals surface area contributed by atoms with E-state index in [1.807, 2.05) is 0 Å². The molecule has 45 heteroatoms. The van der Waals surface area contributed by atoms with Gasteiger partial charge in [-0.2, -0.15) is 8.78 Å². The Morgan fingerprint density at radius 3 is 1.07 bits per heavy atom. The summed E-state index contributed by atoms with van der Waals surface area (Å²) in [6.07, 6.45) is -10.7. The molecule has 0 unspecified atom stereocenters. The van der Waals surface area contributed by atoms with E-state index < -0.39 is 182 Å². The SMILES string of the molecule is CC(=O)N[C@H]1[C@H](OCCCCC(=O)NCCCNC(=O)CCOCC(COCCC(=O)NCCCNC(=O)CCCCO[C@H]2C[C@@H](O)[C@@H](O)[C@@H](CO)O2)(COCCC(=O)NCCCNC(=O)CCCCO[C@H]2C[C@@H](O)[C@@H](O)[C@@H](CO)O2)NC(=O)CCOCCOCCOCCOCCC(=O)Oc2c(F)c(F)c(F)c(F)c2F)O[C@H](CO)[C@H](O)[C@@H]1O. The number of unbranched alkanes of at least 4 members (excludes halogenated alkanes) is 3.